The van der Waals surface area contributed by atoms with Gasteiger partial charge in [-0.2, -0.15) is 5.10 Å². The molecule has 18 heavy (non-hydrogen) atoms. The summed E-state index contributed by atoms with van der Waals surface area (Å²) < 4.78 is 12.0. The van der Waals surface area contributed by atoms with E-state index in [0.717, 1.165) is 22.7 Å². The smallest absolute Gasteiger partial charge is 0.119 e. The molecule has 0 saturated heterocycles. The van der Waals surface area contributed by atoms with E-state index in [1.807, 2.05) is 47.3 Å². The lowest BCUT2D eigenvalue weighted by Gasteiger charge is -2.03. The maximum Gasteiger partial charge on any atom is 0.119 e. The summed E-state index contributed by atoms with van der Waals surface area (Å²) in [6.07, 6.45) is 5.24. The van der Waals surface area contributed by atoms with Crippen molar-refractivity contribution in [3.63, 3.8) is 0 Å². The van der Waals surface area contributed by atoms with E-state index >= 15 is 0 Å². The Kier molecular flexibility index (Phi) is 2.61. The van der Waals surface area contributed by atoms with Gasteiger partial charge >= 0.3 is 0 Å². The average Bonchev–Trinajstić information content (AvgIpc) is 3.09. The van der Waals surface area contributed by atoms with Gasteiger partial charge < -0.3 is 9.15 Å². The Balaban J connectivity index is 1.92. The largest absolute Gasteiger partial charge is 0.497 e. The normalized spacial score (nSPS) is 10.5. The summed E-state index contributed by atoms with van der Waals surface area (Å²) in [5, 5.41) is 4.49. The van der Waals surface area contributed by atoms with Gasteiger partial charge in [0.2, 0.25) is 0 Å². The van der Waals surface area contributed by atoms with Crippen molar-refractivity contribution < 1.29 is 9.15 Å². The highest BCUT2D eigenvalue weighted by atomic mass is 16.5. The fourth-order valence-corrected chi connectivity index (χ4v) is 1.77. The molecular formula is C14H12N2O2. The van der Waals surface area contributed by atoms with E-state index < -0.39 is 0 Å². The quantitative estimate of drug-likeness (QED) is 0.706. The van der Waals surface area contributed by atoms with Crippen molar-refractivity contribution in [1.82, 2.24) is 9.78 Å². The summed E-state index contributed by atoms with van der Waals surface area (Å²) in [7, 11) is 1.65. The molecule has 0 spiro atoms. The van der Waals surface area contributed by atoms with Gasteiger partial charge in [0.1, 0.15) is 5.75 Å². The minimum absolute atomic E-state index is 0.834. The Morgan fingerprint density at radius 3 is 2.61 bits per heavy atom. The molecule has 0 amide bonds. The standard InChI is InChI=1S/C14H12N2O2/c1-17-13-4-2-12(3-5-13)16-8-6-14(15-16)11-7-9-18-10-11/h2-10H,1H3. The van der Waals surface area contributed by atoms with Crippen LogP contribution in [0.1, 0.15) is 0 Å². The van der Waals surface area contributed by atoms with E-state index in [1.165, 1.54) is 0 Å². The minimum atomic E-state index is 0.834. The molecule has 2 aromatic heterocycles. The monoisotopic (exact) mass is 240 g/mol. The van der Waals surface area contributed by atoms with Gasteiger partial charge in [0, 0.05) is 11.8 Å². The zero-order chi connectivity index (χ0) is 12.4. The number of ether oxygens (including phenoxy) is 1. The van der Waals surface area contributed by atoms with Crippen molar-refractivity contribution in [2.45, 2.75) is 0 Å². The maximum atomic E-state index is 5.13. The van der Waals surface area contributed by atoms with E-state index in [1.54, 1.807) is 19.6 Å². The van der Waals surface area contributed by atoms with Crippen LogP contribution >= 0.6 is 0 Å². The fraction of sp³-hybridized carbons (Fsp3) is 0.0714. The van der Waals surface area contributed by atoms with Gasteiger partial charge in [-0.25, -0.2) is 4.68 Å². The molecule has 0 N–H and O–H groups in total. The van der Waals surface area contributed by atoms with Crippen LogP contribution < -0.4 is 4.74 Å². The molecule has 4 nitrogen and oxygen atoms in total. The first-order chi connectivity index (χ1) is 8.86. The molecule has 3 rings (SSSR count). The average molecular weight is 240 g/mol. The van der Waals surface area contributed by atoms with Crippen LogP contribution in [0.25, 0.3) is 16.9 Å². The Morgan fingerprint density at radius 2 is 1.94 bits per heavy atom. The summed E-state index contributed by atoms with van der Waals surface area (Å²) in [6, 6.07) is 11.6. The van der Waals surface area contributed by atoms with Crippen molar-refractivity contribution in [2.24, 2.45) is 0 Å². The summed E-state index contributed by atoms with van der Waals surface area (Å²) in [4.78, 5) is 0. The number of methoxy groups -OCH3 is 1. The Hall–Kier alpha value is -2.49. The van der Waals surface area contributed by atoms with Crippen molar-refractivity contribution in [3.8, 4) is 22.7 Å². The zero-order valence-corrected chi connectivity index (χ0v) is 9.91. The molecule has 1 aromatic carbocycles. The van der Waals surface area contributed by atoms with E-state index in [0.29, 0.717) is 0 Å². The molecular weight excluding hydrogens is 228 g/mol. The molecule has 0 atom stereocenters. The second-order valence-corrected chi connectivity index (χ2v) is 3.86. The van der Waals surface area contributed by atoms with Gasteiger partial charge in [-0.3, -0.25) is 0 Å². The second-order valence-electron chi connectivity index (χ2n) is 3.86. The topological polar surface area (TPSA) is 40.2 Å². The minimum Gasteiger partial charge on any atom is -0.497 e. The number of furan rings is 1. The molecule has 0 aliphatic heterocycles. The lowest BCUT2D eigenvalue weighted by atomic mass is 10.2. The first-order valence-electron chi connectivity index (χ1n) is 5.59. The van der Waals surface area contributed by atoms with Crippen molar-refractivity contribution >= 4 is 0 Å². The third kappa shape index (κ3) is 1.88. The third-order valence-electron chi connectivity index (χ3n) is 2.74. The number of hydrogen-bond donors (Lipinski definition) is 0. The Labute approximate surface area is 104 Å². The SMILES string of the molecule is COc1ccc(-n2ccc(-c3ccoc3)n2)cc1. The molecule has 0 radical (unpaired) electrons. The van der Waals surface area contributed by atoms with Crippen LogP contribution in [-0.2, 0) is 0 Å². The molecule has 3 aromatic rings. The molecule has 0 saturated carbocycles. The molecule has 4 heteroatoms. The first-order valence-corrected chi connectivity index (χ1v) is 5.59. The lowest BCUT2D eigenvalue weighted by Crippen LogP contribution is -1.94. The maximum absolute atomic E-state index is 5.13. The van der Waals surface area contributed by atoms with E-state index in [9.17, 15) is 0 Å². The van der Waals surface area contributed by atoms with E-state index in [2.05, 4.69) is 5.10 Å². The van der Waals surface area contributed by atoms with Crippen molar-refractivity contribution in [2.75, 3.05) is 7.11 Å². The van der Waals surface area contributed by atoms with Crippen LogP contribution in [0.3, 0.4) is 0 Å². The van der Waals surface area contributed by atoms with Gasteiger partial charge in [0.25, 0.3) is 0 Å². The Morgan fingerprint density at radius 1 is 1.11 bits per heavy atom. The summed E-state index contributed by atoms with van der Waals surface area (Å²) in [5.74, 6) is 0.834. The predicted octanol–water partition coefficient (Wildman–Crippen LogP) is 3.14. The highest BCUT2D eigenvalue weighted by Gasteiger charge is 2.04. The van der Waals surface area contributed by atoms with Crippen LogP contribution in [-0.4, -0.2) is 16.9 Å². The van der Waals surface area contributed by atoms with Gasteiger partial charge in [-0.15, -0.1) is 0 Å². The van der Waals surface area contributed by atoms with Gasteiger partial charge in [0.05, 0.1) is 31.0 Å². The molecule has 0 bridgehead atoms. The molecule has 0 aliphatic carbocycles. The van der Waals surface area contributed by atoms with Gasteiger partial charge in [0.15, 0.2) is 0 Å². The number of aromatic nitrogens is 2. The van der Waals surface area contributed by atoms with E-state index in [-0.39, 0.29) is 0 Å². The third-order valence-corrected chi connectivity index (χ3v) is 2.74. The predicted molar refractivity (Wildman–Crippen MR) is 67.8 cm³/mol. The van der Waals surface area contributed by atoms with Crippen LogP contribution in [0.15, 0.2) is 59.5 Å². The summed E-state index contributed by atoms with van der Waals surface area (Å²) in [5.41, 5.74) is 2.85. The van der Waals surface area contributed by atoms with Crippen LogP contribution in [0, 0.1) is 0 Å². The number of hydrogen-bond acceptors (Lipinski definition) is 3. The highest BCUT2D eigenvalue weighted by Crippen LogP contribution is 2.19. The number of rotatable bonds is 3. The molecule has 0 aliphatic rings. The fourth-order valence-electron chi connectivity index (χ4n) is 1.77. The highest BCUT2D eigenvalue weighted by molar-refractivity contribution is 5.57. The van der Waals surface area contributed by atoms with Crippen LogP contribution in [0.2, 0.25) is 0 Å². The first kappa shape index (κ1) is 10.7. The van der Waals surface area contributed by atoms with Gasteiger partial charge in [-0.1, -0.05) is 0 Å². The van der Waals surface area contributed by atoms with Crippen LogP contribution in [0.4, 0.5) is 0 Å². The summed E-state index contributed by atoms with van der Waals surface area (Å²) in [6.45, 7) is 0. The Bertz CT molecular complexity index is 624. The number of benzene rings is 1. The number of nitrogens with zero attached hydrogens (tertiary/aromatic N) is 2. The second kappa shape index (κ2) is 4.41. The van der Waals surface area contributed by atoms with Crippen molar-refractivity contribution in [3.05, 3.63) is 55.1 Å². The zero-order valence-electron chi connectivity index (χ0n) is 9.91. The summed E-state index contributed by atoms with van der Waals surface area (Å²) >= 11 is 0. The lowest BCUT2D eigenvalue weighted by molar-refractivity contribution is 0.414. The molecule has 90 valence electrons. The molecule has 0 unspecified atom stereocenters. The van der Waals surface area contributed by atoms with Crippen LogP contribution in [0.5, 0.6) is 5.75 Å². The van der Waals surface area contributed by atoms with E-state index in [4.69, 9.17) is 9.15 Å². The van der Waals surface area contributed by atoms with Gasteiger partial charge in [-0.05, 0) is 36.4 Å². The van der Waals surface area contributed by atoms with Crippen molar-refractivity contribution in [1.29, 1.82) is 0 Å². The molecule has 2 heterocycles. The molecule has 0 fully saturated rings.